The zero-order valence-electron chi connectivity index (χ0n) is 7.67. The predicted octanol–water partition coefficient (Wildman–Crippen LogP) is 3.79. The van der Waals surface area contributed by atoms with Crippen LogP contribution in [0.5, 0.6) is 0 Å². The van der Waals surface area contributed by atoms with Crippen LogP contribution >= 0.6 is 50.2 Å². The number of hydrogen-bond acceptors (Lipinski definition) is 4. The van der Waals surface area contributed by atoms with E-state index in [0.717, 1.165) is 30.1 Å². The van der Waals surface area contributed by atoms with Crippen molar-refractivity contribution < 1.29 is 0 Å². The third-order valence-electron chi connectivity index (χ3n) is 1.81. The van der Waals surface area contributed by atoms with Crippen LogP contribution in [-0.4, -0.2) is 11.5 Å². The lowest BCUT2D eigenvalue weighted by molar-refractivity contribution is 0.932. The zero-order chi connectivity index (χ0) is 10.8. The van der Waals surface area contributed by atoms with E-state index in [1.807, 2.05) is 12.1 Å². The molecule has 6 heteroatoms. The monoisotopic (exact) mass is 322 g/mol. The van der Waals surface area contributed by atoms with E-state index in [9.17, 15) is 0 Å². The van der Waals surface area contributed by atoms with Crippen LogP contribution in [0.25, 0.3) is 9.88 Å². The molecule has 0 aliphatic heterocycles. The van der Waals surface area contributed by atoms with E-state index in [-0.39, 0.29) is 0 Å². The second-order valence-corrected chi connectivity index (χ2v) is 6.91. The summed E-state index contributed by atoms with van der Waals surface area (Å²) in [6, 6.07) is 3.88. The fourth-order valence-electron chi connectivity index (χ4n) is 1.16. The molecule has 2 rings (SSSR count). The van der Waals surface area contributed by atoms with E-state index in [4.69, 9.17) is 17.3 Å². The number of nitrogens with zero attached hydrogens (tertiary/aromatic N) is 1. The number of aromatic nitrogens is 1. The van der Waals surface area contributed by atoms with Crippen molar-refractivity contribution >= 4 is 50.2 Å². The van der Waals surface area contributed by atoms with Gasteiger partial charge in [0.25, 0.3) is 0 Å². The summed E-state index contributed by atoms with van der Waals surface area (Å²) >= 11 is 12.5. The molecule has 0 radical (unpaired) electrons. The van der Waals surface area contributed by atoms with Gasteiger partial charge in [0, 0.05) is 6.42 Å². The molecule has 0 aromatic carbocycles. The van der Waals surface area contributed by atoms with Gasteiger partial charge < -0.3 is 5.73 Å². The zero-order valence-corrected chi connectivity index (χ0v) is 11.6. The smallest absolute Gasteiger partial charge is 0.134 e. The summed E-state index contributed by atoms with van der Waals surface area (Å²) < 4.78 is 1.85. The Kier molecular flexibility index (Phi) is 3.79. The van der Waals surface area contributed by atoms with Gasteiger partial charge in [0.05, 0.1) is 18.7 Å². The minimum atomic E-state index is 0.618. The van der Waals surface area contributed by atoms with Crippen LogP contribution in [0.15, 0.2) is 15.9 Å². The highest BCUT2D eigenvalue weighted by molar-refractivity contribution is 9.11. The van der Waals surface area contributed by atoms with Crippen LogP contribution in [0, 0.1) is 0 Å². The highest BCUT2D eigenvalue weighted by Crippen LogP contribution is 2.37. The molecule has 0 atom stereocenters. The lowest BCUT2D eigenvalue weighted by atomic mass is 10.3. The predicted molar refractivity (Wildman–Crippen MR) is 70.9 cm³/mol. The van der Waals surface area contributed by atoms with Crippen LogP contribution in [-0.2, 0) is 6.42 Å². The van der Waals surface area contributed by atoms with Gasteiger partial charge >= 0.3 is 0 Å². The topological polar surface area (TPSA) is 38.9 Å². The number of nitrogens with two attached hydrogens (primary N) is 1. The largest absolute Gasteiger partial charge is 0.330 e. The van der Waals surface area contributed by atoms with Crippen LogP contribution in [0.2, 0.25) is 4.34 Å². The van der Waals surface area contributed by atoms with Gasteiger partial charge in [-0.3, -0.25) is 0 Å². The molecule has 2 N–H and O–H groups in total. The van der Waals surface area contributed by atoms with Gasteiger partial charge in [-0.25, -0.2) is 4.98 Å². The molecular formula is C9H8BrClN2S2. The van der Waals surface area contributed by atoms with E-state index < -0.39 is 0 Å². The summed E-state index contributed by atoms with van der Waals surface area (Å²) in [5, 5.41) is 1.00. The Bertz CT molecular complexity index is 466. The number of thiophene rings is 1. The molecule has 0 amide bonds. The van der Waals surface area contributed by atoms with Crippen LogP contribution in [0.4, 0.5) is 0 Å². The van der Waals surface area contributed by atoms with Crippen LogP contribution in [0.1, 0.15) is 5.69 Å². The Morgan fingerprint density at radius 1 is 1.40 bits per heavy atom. The fraction of sp³-hybridized carbons (Fsp3) is 0.222. The quantitative estimate of drug-likeness (QED) is 0.933. The Labute approximate surface area is 109 Å². The normalized spacial score (nSPS) is 10.9. The Morgan fingerprint density at radius 2 is 2.20 bits per heavy atom. The maximum atomic E-state index is 5.88. The third-order valence-corrected chi connectivity index (χ3v) is 5.04. The SMILES string of the molecule is NCCc1nc(-c2ccc(Cl)s2)sc1Br. The Balaban J connectivity index is 2.33. The number of thiazole rings is 1. The summed E-state index contributed by atoms with van der Waals surface area (Å²) in [5.41, 5.74) is 6.54. The standard InChI is InChI=1S/C9H8BrClN2S2/c10-8-5(3-4-12)13-9(15-8)6-1-2-7(11)14-6/h1-2H,3-4,12H2. The van der Waals surface area contributed by atoms with Crippen LogP contribution < -0.4 is 5.73 Å². The van der Waals surface area contributed by atoms with E-state index in [1.54, 1.807) is 22.7 Å². The summed E-state index contributed by atoms with van der Waals surface area (Å²) in [7, 11) is 0. The van der Waals surface area contributed by atoms with Crippen molar-refractivity contribution in [2.75, 3.05) is 6.54 Å². The first-order valence-electron chi connectivity index (χ1n) is 4.31. The Morgan fingerprint density at radius 3 is 2.80 bits per heavy atom. The van der Waals surface area contributed by atoms with Gasteiger partial charge in [-0.05, 0) is 34.6 Å². The molecule has 0 fully saturated rings. The van der Waals surface area contributed by atoms with Crippen molar-refractivity contribution in [3.63, 3.8) is 0 Å². The number of rotatable bonds is 3. The molecule has 15 heavy (non-hydrogen) atoms. The summed E-state index contributed by atoms with van der Waals surface area (Å²) in [6.07, 6.45) is 0.802. The molecule has 2 aromatic rings. The van der Waals surface area contributed by atoms with Gasteiger partial charge in [-0.1, -0.05) is 11.6 Å². The molecule has 80 valence electrons. The molecular weight excluding hydrogens is 316 g/mol. The average molecular weight is 324 g/mol. The van der Waals surface area contributed by atoms with Crippen molar-refractivity contribution in [1.82, 2.24) is 4.98 Å². The maximum absolute atomic E-state index is 5.88. The fourth-order valence-corrected chi connectivity index (χ4v) is 3.84. The molecule has 0 aliphatic carbocycles. The summed E-state index contributed by atoms with van der Waals surface area (Å²) in [5.74, 6) is 0. The molecule has 0 aliphatic rings. The van der Waals surface area contributed by atoms with Gasteiger partial charge in [0.1, 0.15) is 5.01 Å². The van der Waals surface area contributed by atoms with Crippen molar-refractivity contribution in [2.45, 2.75) is 6.42 Å². The van der Waals surface area contributed by atoms with Gasteiger partial charge in [-0.15, -0.1) is 22.7 Å². The second-order valence-electron chi connectivity index (χ2n) is 2.88. The van der Waals surface area contributed by atoms with Crippen molar-refractivity contribution in [3.8, 4) is 9.88 Å². The minimum absolute atomic E-state index is 0.618. The lowest BCUT2D eigenvalue weighted by Gasteiger charge is -1.90. The third kappa shape index (κ3) is 2.60. The molecule has 0 saturated carbocycles. The van der Waals surface area contributed by atoms with Gasteiger partial charge in [-0.2, -0.15) is 0 Å². The minimum Gasteiger partial charge on any atom is -0.330 e. The number of hydrogen-bond donors (Lipinski definition) is 1. The van der Waals surface area contributed by atoms with Crippen molar-refractivity contribution in [1.29, 1.82) is 0 Å². The molecule has 0 spiro atoms. The van der Waals surface area contributed by atoms with Crippen molar-refractivity contribution in [3.05, 3.63) is 25.9 Å². The molecule has 2 nitrogen and oxygen atoms in total. The lowest BCUT2D eigenvalue weighted by Crippen LogP contribution is -2.03. The highest BCUT2D eigenvalue weighted by atomic mass is 79.9. The summed E-state index contributed by atoms with van der Waals surface area (Å²) in [4.78, 5) is 5.63. The van der Waals surface area contributed by atoms with Crippen molar-refractivity contribution in [2.24, 2.45) is 5.73 Å². The molecule has 0 saturated heterocycles. The highest BCUT2D eigenvalue weighted by Gasteiger charge is 2.11. The molecule has 0 bridgehead atoms. The van der Waals surface area contributed by atoms with E-state index >= 15 is 0 Å². The number of halogens is 2. The molecule has 2 heterocycles. The van der Waals surface area contributed by atoms with E-state index in [0.29, 0.717) is 6.54 Å². The second kappa shape index (κ2) is 4.93. The summed E-state index contributed by atoms with van der Waals surface area (Å²) in [6.45, 7) is 0.618. The molecule has 0 unspecified atom stereocenters. The average Bonchev–Trinajstić information content (AvgIpc) is 2.75. The van der Waals surface area contributed by atoms with E-state index in [1.165, 1.54) is 0 Å². The first-order valence-corrected chi connectivity index (χ1v) is 7.12. The Hall–Kier alpha value is 0.0600. The van der Waals surface area contributed by atoms with Crippen LogP contribution in [0.3, 0.4) is 0 Å². The molecule has 2 aromatic heterocycles. The maximum Gasteiger partial charge on any atom is 0.134 e. The first kappa shape index (κ1) is 11.5. The van der Waals surface area contributed by atoms with Gasteiger partial charge in [0.15, 0.2) is 0 Å². The van der Waals surface area contributed by atoms with E-state index in [2.05, 4.69) is 20.9 Å². The van der Waals surface area contributed by atoms with Gasteiger partial charge in [0.2, 0.25) is 0 Å². The first-order chi connectivity index (χ1) is 7.20.